The van der Waals surface area contributed by atoms with Crippen LogP contribution in [0.2, 0.25) is 0 Å². The number of ether oxygens (including phenoxy) is 2. The first-order chi connectivity index (χ1) is 7.76. The Morgan fingerprint density at radius 1 is 1.25 bits per heavy atom. The van der Waals surface area contributed by atoms with Gasteiger partial charge in [0, 0.05) is 13.2 Å². The lowest BCUT2D eigenvalue weighted by Crippen LogP contribution is -2.21. The second-order valence-electron chi connectivity index (χ2n) is 3.92. The summed E-state index contributed by atoms with van der Waals surface area (Å²) in [7, 11) is 3.61. The van der Waals surface area contributed by atoms with Crippen molar-refractivity contribution in [1.29, 1.82) is 0 Å². The van der Waals surface area contributed by atoms with E-state index in [9.17, 15) is 0 Å². The standard InChI is InChI=1S/C13H21NO2/c1-11(14-2)4-5-12-6-8-13(9-7-12)16-10-15-3/h6-9,11,14H,4-5,10H2,1-3H3. The van der Waals surface area contributed by atoms with Crippen molar-refractivity contribution in [3.05, 3.63) is 29.8 Å². The molecular formula is C13H21NO2. The van der Waals surface area contributed by atoms with Crippen LogP contribution in [0, 0.1) is 0 Å². The third-order valence-corrected chi connectivity index (χ3v) is 2.63. The van der Waals surface area contributed by atoms with E-state index in [1.807, 2.05) is 19.2 Å². The predicted molar refractivity (Wildman–Crippen MR) is 65.8 cm³/mol. The fourth-order valence-electron chi connectivity index (χ4n) is 1.41. The molecule has 1 unspecified atom stereocenters. The molecule has 90 valence electrons. The zero-order valence-corrected chi connectivity index (χ0v) is 10.3. The second-order valence-corrected chi connectivity index (χ2v) is 3.92. The third-order valence-electron chi connectivity index (χ3n) is 2.63. The molecule has 0 aliphatic heterocycles. The smallest absolute Gasteiger partial charge is 0.188 e. The van der Waals surface area contributed by atoms with Gasteiger partial charge in [0.25, 0.3) is 0 Å². The summed E-state index contributed by atoms with van der Waals surface area (Å²) in [6, 6.07) is 8.74. The molecule has 1 atom stereocenters. The minimum Gasteiger partial charge on any atom is -0.468 e. The van der Waals surface area contributed by atoms with Gasteiger partial charge in [0.1, 0.15) is 5.75 Å². The Bertz CT molecular complexity index is 284. The first kappa shape index (κ1) is 13.0. The van der Waals surface area contributed by atoms with E-state index in [0.717, 1.165) is 18.6 Å². The molecule has 1 aromatic rings. The van der Waals surface area contributed by atoms with E-state index in [0.29, 0.717) is 12.8 Å². The van der Waals surface area contributed by atoms with E-state index in [1.54, 1.807) is 7.11 Å². The van der Waals surface area contributed by atoms with Gasteiger partial charge in [-0.25, -0.2) is 0 Å². The first-order valence-electron chi connectivity index (χ1n) is 5.64. The molecule has 0 saturated carbocycles. The van der Waals surface area contributed by atoms with Crippen LogP contribution in [-0.2, 0) is 11.2 Å². The molecule has 0 heterocycles. The highest BCUT2D eigenvalue weighted by molar-refractivity contribution is 5.27. The van der Waals surface area contributed by atoms with E-state index in [4.69, 9.17) is 9.47 Å². The van der Waals surface area contributed by atoms with Crippen molar-refractivity contribution in [2.45, 2.75) is 25.8 Å². The lowest BCUT2D eigenvalue weighted by Gasteiger charge is -2.10. The maximum atomic E-state index is 5.32. The van der Waals surface area contributed by atoms with Gasteiger partial charge in [-0.15, -0.1) is 0 Å². The van der Waals surface area contributed by atoms with Crippen LogP contribution in [-0.4, -0.2) is 27.0 Å². The van der Waals surface area contributed by atoms with Crippen LogP contribution >= 0.6 is 0 Å². The van der Waals surface area contributed by atoms with Gasteiger partial charge in [-0.3, -0.25) is 0 Å². The van der Waals surface area contributed by atoms with Gasteiger partial charge in [0.05, 0.1) is 0 Å². The van der Waals surface area contributed by atoms with Gasteiger partial charge in [-0.2, -0.15) is 0 Å². The minimum absolute atomic E-state index is 0.302. The normalized spacial score (nSPS) is 12.4. The Hall–Kier alpha value is -1.06. The van der Waals surface area contributed by atoms with E-state index in [-0.39, 0.29) is 0 Å². The molecule has 1 rings (SSSR count). The number of hydrogen-bond acceptors (Lipinski definition) is 3. The second kappa shape index (κ2) is 7.25. The molecule has 3 heteroatoms. The summed E-state index contributed by atoms with van der Waals surface area (Å²) in [4.78, 5) is 0. The van der Waals surface area contributed by atoms with Crippen molar-refractivity contribution in [3.8, 4) is 5.75 Å². The molecule has 0 aliphatic rings. The largest absolute Gasteiger partial charge is 0.468 e. The summed E-state index contributed by atoms with van der Waals surface area (Å²) < 4.78 is 10.2. The number of hydrogen-bond donors (Lipinski definition) is 1. The van der Waals surface area contributed by atoms with E-state index < -0.39 is 0 Å². The molecule has 3 nitrogen and oxygen atoms in total. The molecule has 0 fully saturated rings. The molecule has 0 radical (unpaired) electrons. The summed E-state index contributed by atoms with van der Waals surface area (Å²) in [5.41, 5.74) is 1.34. The van der Waals surface area contributed by atoms with E-state index in [2.05, 4.69) is 24.4 Å². The average molecular weight is 223 g/mol. The van der Waals surface area contributed by atoms with Crippen LogP contribution in [0.3, 0.4) is 0 Å². The Labute approximate surface area is 97.8 Å². The van der Waals surface area contributed by atoms with Gasteiger partial charge >= 0.3 is 0 Å². The Kier molecular flexibility index (Phi) is 5.90. The first-order valence-corrected chi connectivity index (χ1v) is 5.64. The summed E-state index contributed by atoms with van der Waals surface area (Å²) in [6.07, 6.45) is 2.24. The maximum Gasteiger partial charge on any atom is 0.188 e. The van der Waals surface area contributed by atoms with Crippen molar-refractivity contribution in [2.75, 3.05) is 21.0 Å². The van der Waals surface area contributed by atoms with Gasteiger partial charge in [-0.1, -0.05) is 12.1 Å². The highest BCUT2D eigenvalue weighted by atomic mass is 16.7. The molecule has 1 aromatic carbocycles. The predicted octanol–water partition coefficient (Wildman–Crippen LogP) is 2.21. The molecule has 0 aromatic heterocycles. The molecule has 1 N–H and O–H groups in total. The monoisotopic (exact) mass is 223 g/mol. The summed E-state index contributed by atoms with van der Waals surface area (Å²) in [5, 5.41) is 3.23. The van der Waals surface area contributed by atoms with Gasteiger partial charge in [0.15, 0.2) is 6.79 Å². The number of rotatable bonds is 7. The Morgan fingerprint density at radius 2 is 1.94 bits per heavy atom. The molecule has 0 saturated heterocycles. The molecule has 0 amide bonds. The number of benzene rings is 1. The maximum absolute atomic E-state index is 5.32. The van der Waals surface area contributed by atoms with Crippen LogP contribution in [0.5, 0.6) is 5.75 Å². The lowest BCUT2D eigenvalue weighted by atomic mass is 10.1. The summed E-state index contributed by atoms with van der Waals surface area (Å²) in [6.45, 7) is 2.49. The van der Waals surface area contributed by atoms with Gasteiger partial charge in [0.2, 0.25) is 0 Å². The van der Waals surface area contributed by atoms with Crippen LogP contribution in [0.1, 0.15) is 18.9 Å². The average Bonchev–Trinajstić information content (AvgIpc) is 2.34. The zero-order valence-electron chi connectivity index (χ0n) is 10.3. The van der Waals surface area contributed by atoms with Crippen molar-refractivity contribution in [2.24, 2.45) is 0 Å². The minimum atomic E-state index is 0.302. The summed E-state index contributed by atoms with van der Waals surface area (Å²) >= 11 is 0. The molecule has 0 bridgehead atoms. The Balaban J connectivity index is 2.38. The Morgan fingerprint density at radius 3 is 2.50 bits per heavy atom. The van der Waals surface area contributed by atoms with Crippen LogP contribution in [0.25, 0.3) is 0 Å². The number of aryl methyl sites for hydroxylation is 1. The fraction of sp³-hybridized carbons (Fsp3) is 0.538. The summed E-state index contributed by atoms with van der Waals surface area (Å²) in [5.74, 6) is 0.854. The van der Waals surface area contributed by atoms with E-state index in [1.165, 1.54) is 5.56 Å². The SMILES string of the molecule is CNC(C)CCc1ccc(OCOC)cc1. The van der Waals surface area contributed by atoms with Crippen LogP contribution in [0.4, 0.5) is 0 Å². The third kappa shape index (κ3) is 4.64. The van der Waals surface area contributed by atoms with Crippen molar-refractivity contribution < 1.29 is 9.47 Å². The lowest BCUT2D eigenvalue weighted by molar-refractivity contribution is 0.0511. The van der Waals surface area contributed by atoms with Gasteiger partial charge < -0.3 is 14.8 Å². The van der Waals surface area contributed by atoms with Crippen molar-refractivity contribution in [3.63, 3.8) is 0 Å². The highest BCUT2D eigenvalue weighted by Crippen LogP contribution is 2.13. The van der Waals surface area contributed by atoms with Crippen molar-refractivity contribution in [1.82, 2.24) is 5.32 Å². The van der Waals surface area contributed by atoms with E-state index >= 15 is 0 Å². The quantitative estimate of drug-likeness (QED) is 0.719. The number of nitrogens with one attached hydrogen (secondary N) is 1. The van der Waals surface area contributed by atoms with Crippen LogP contribution in [0.15, 0.2) is 24.3 Å². The number of methoxy groups -OCH3 is 1. The topological polar surface area (TPSA) is 30.5 Å². The fourth-order valence-corrected chi connectivity index (χ4v) is 1.41. The van der Waals surface area contributed by atoms with Crippen molar-refractivity contribution >= 4 is 0 Å². The van der Waals surface area contributed by atoms with Crippen LogP contribution < -0.4 is 10.1 Å². The molecule has 0 aliphatic carbocycles. The molecular weight excluding hydrogens is 202 g/mol. The zero-order chi connectivity index (χ0) is 11.8. The van der Waals surface area contributed by atoms with Gasteiger partial charge in [-0.05, 0) is 44.5 Å². The highest BCUT2D eigenvalue weighted by Gasteiger charge is 2.00. The molecule has 0 spiro atoms. The molecule has 16 heavy (non-hydrogen) atoms.